The zero-order valence-corrected chi connectivity index (χ0v) is 8.99. The number of nitrogen functional groups attached to an aromatic ring is 1. The number of benzene rings is 1. The van der Waals surface area contributed by atoms with Gasteiger partial charge in [0.1, 0.15) is 0 Å². The fourth-order valence-corrected chi connectivity index (χ4v) is 2.41. The van der Waals surface area contributed by atoms with Gasteiger partial charge < -0.3 is 5.73 Å². The number of alkyl halides is 1. The molecule has 2 rings (SSSR count). The van der Waals surface area contributed by atoms with Crippen LogP contribution in [0.2, 0.25) is 0 Å². The van der Waals surface area contributed by atoms with Gasteiger partial charge in [0, 0.05) is 17.6 Å². The molecule has 82 valence electrons. The van der Waals surface area contributed by atoms with Gasteiger partial charge in [-0.05, 0) is 37.7 Å². The second-order valence-corrected chi connectivity index (χ2v) is 4.30. The Balaban J connectivity index is 2.24. The summed E-state index contributed by atoms with van der Waals surface area (Å²) in [7, 11) is 2.05. The molecule has 0 bridgehead atoms. The predicted molar refractivity (Wildman–Crippen MR) is 60.3 cm³/mol. The maximum absolute atomic E-state index is 12.8. The van der Waals surface area contributed by atoms with Gasteiger partial charge in [-0.2, -0.15) is 0 Å². The summed E-state index contributed by atoms with van der Waals surface area (Å²) < 4.78 is 12.8. The van der Waals surface area contributed by atoms with E-state index in [9.17, 15) is 4.39 Å². The quantitative estimate of drug-likeness (QED) is 0.755. The molecule has 0 radical (unpaired) electrons. The minimum atomic E-state index is -0.237. The van der Waals surface area contributed by atoms with Crippen LogP contribution in [0.5, 0.6) is 0 Å². The summed E-state index contributed by atoms with van der Waals surface area (Å²) in [5.74, 6) is 0.138. The number of rotatable bonds is 2. The molecule has 1 aliphatic rings. The van der Waals surface area contributed by atoms with Gasteiger partial charge in [0.15, 0.2) is 0 Å². The highest BCUT2D eigenvalue weighted by Crippen LogP contribution is 2.36. The molecule has 3 heteroatoms. The first-order chi connectivity index (χ1) is 7.22. The number of likely N-dealkylation sites (tertiary alicyclic amines) is 1. The van der Waals surface area contributed by atoms with Gasteiger partial charge in [0.2, 0.25) is 0 Å². The van der Waals surface area contributed by atoms with Crippen LogP contribution in [0, 0.1) is 5.92 Å². The average molecular weight is 208 g/mol. The Kier molecular flexibility index (Phi) is 2.91. The molecule has 1 aromatic carbocycles. The van der Waals surface area contributed by atoms with Crippen molar-refractivity contribution in [1.29, 1.82) is 0 Å². The number of hydrogen-bond acceptors (Lipinski definition) is 2. The maximum atomic E-state index is 12.8. The van der Waals surface area contributed by atoms with E-state index >= 15 is 0 Å². The molecule has 1 aliphatic heterocycles. The monoisotopic (exact) mass is 208 g/mol. The van der Waals surface area contributed by atoms with Crippen LogP contribution in [0.15, 0.2) is 24.3 Å². The number of nitrogens with zero attached hydrogens (tertiary/aromatic N) is 1. The molecule has 1 aromatic rings. The molecule has 0 saturated carbocycles. The molecular weight excluding hydrogens is 191 g/mol. The van der Waals surface area contributed by atoms with Gasteiger partial charge in [0.05, 0.1) is 6.67 Å². The lowest BCUT2D eigenvalue weighted by molar-refractivity contribution is 0.245. The highest BCUT2D eigenvalue weighted by molar-refractivity contribution is 5.40. The zero-order chi connectivity index (χ0) is 10.8. The molecule has 1 fully saturated rings. The second kappa shape index (κ2) is 4.19. The van der Waals surface area contributed by atoms with E-state index in [2.05, 4.69) is 11.9 Å². The molecule has 2 N–H and O–H groups in total. The van der Waals surface area contributed by atoms with Crippen molar-refractivity contribution in [3.8, 4) is 0 Å². The van der Waals surface area contributed by atoms with E-state index in [1.54, 1.807) is 0 Å². The Hall–Kier alpha value is -1.09. The largest absolute Gasteiger partial charge is 0.399 e. The van der Waals surface area contributed by atoms with Crippen LogP contribution in [0.25, 0.3) is 0 Å². The Morgan fingerprint density at radius 2 is 2.07 bits per heavy atom. The van der Waals surface area contributed by atoms with Gasteiger partial charge in [-0.25, -0.2) is 0 Å². The Morgan fingerprint density at radius 1 is 1.40 bits per heavy atom. The number of hydrogen-bond donors (Lipinski definition) is 1. The Morgan fingerprint density at radius 3 is 2.67 bits per heavy atom. The van der Waals surface area contributed by atoms with Crippen molar-refractivity contribution >= 4 is 5.69 Å². The zero-order valence-electron chi connectivity index (χ0n) is 8.99. The first-order valence-electron chi connectivity index (χ1n) is 5.34. The van der Waals surface area contributed by atoms with E-state index in [4.69, 9.17) is 5.73 Å². The minimum absolute atomic E-state index is 0.138. The van der Waals surface area contributed by atoms with Gasteiger partial charge in [-0.3, -0.25) is 9.29 Å². The highest BCUT2D eigenvalue weighted by Gasteiger charge is 2.32. The lowest BCUT2D eigenvalue weighted by atomic mass is 9.95. The smallest absolute Gasteiger partial charge is 0.0941 e. The third kappa shape index (κ3) is 1.97. The van der Waals surface area contributed by atoms with Crippen LogP contribution >= 0.6 is 0 Å². The summed E-state index contributed by atoms with van der Waals surface area (Å²) in [6.07, 6.45) is 0.946. The minimum Gasteiger partial charge on any atom is -0.399 e. The topological polar surface area (TPSA) is 29.3 Å². The Labute approximate surface area is 89.9 Å². The lowest BCUT2D eigenvalue weighted by Gasteiger charge is -2.24. The predicted octanol–water partition coefficient (Wildman–Crippen LogP) is 2.23. The summed E-state index contributed by atoms with van der Waals surface area (Å²) in [4.78, 5) is 2.22. The van der Waals surface area contributed by atoms with Crippen molar-refractivity contribution in [1.82, 2.24) is 4.90 Å². The standard InChI is InChI=1S/C12H17FN2/c1-15-7-6-10(8-13)12(15)9-2-4-11(14)5-3-9/h2-5,10,12H,6-8,14H2,1H3. The van der Waals surface area contributed by atoms with Crippen molar-refractivity contribution in [2.24, 2.45) is 5.92 Å². The lowest BCUT2D eigenvalue weighted by Crippen LogP contribution is -2.21. The van der Waals surface area contributed by atoms with Gasteiger partial charge in [0.25, 0.3) is 0 Å². The summed E-state index contributed by atoms with van der Waals surface area (Å²) >= 11 is 0. The summed E-state index contributed by atoms with van der Waals surface area (Å²) in [6.45, 7) is 0.739. The molecule has 2 nitrogen and oxygen atoms in total. The number of anilines is 1. The van der Waals surface area contributed by atoms with Crippen LogP contribution in [-0.2, 0) is 0 Å². The molecule has 2 unspecified atom stereocenters. The van der Waals surface area contributed by atoms with Crippen LogP contribution in [-0.4, -0.2) is 25.2 Å². The molecule has 0 spiro atoms. The van der Waals surface area contributed by atoms with Crippen molar-refractivity contribution < 1.29 is 4.39 Å². The van der Waals surface area contributed by atoms with Crippen molar-refractivity contribution in [2.45, 2.75) is 12.5 Å². The molecule has 0 aromatic heterocycles. The highest BCUT2D eigenvalue weighted by atomic mass is 19.1. The number of nitrogens with two attached hydrogens (primary N) is 1. The summed E-state index contributed by atoms with van der Waals surface area (Å²) in [5.41, 5.74) is 7.57. The molecule has 15 heavy (non-hydrogen) atoms. The van der Waals surface area contributed by atoms with Crippen LogP contribution in [0.1, 0.15) is 18.0 Å². The summed E-state index contributed by atoms with van der Waals surface area (Å²) in [6, 6.07) is 8.00. The SMILES string of the molecule is CN1CCC(CF)C1c1ccc(N)cc1. The van der Waals surface area contributed by atoms with Crippen LogP contribution in [0.4, 0.5) is 10.1 Å². The first kappa shape index (κ1) is 10.4. The van der Waals surface area contributed by atoms with E-state index in [1.807, 2.05) is 24.3 Å². The normalized spacial score (nSPS) is 27.1. The third-order valence-electron chi connectivity index (χ3n) is 3.25. The molecule has 0 amide bonds. The average Bonchev–Trinajstić information content (AvgIpc) is 2.61. The van der Waals surface area contributed by atoms with Crippen LogP contribution < -0.4 is 5.73 Å². The molecule has 0 aliphatic carbocycles. The molecular formula is C12H17FN2. The maximum Gasteiger partial charge on any atom is 0.0941 e. The van der Waals surface area contributed by atoms with E-state index in [1.165, 1.54) is 5.56 Å². The van der Waals surface area contributed by atoms with Crippen molar-refractivity contribution in [3.63, 3.8) is 0 Å². The van der Waals surface area contributed by atoms with E-state index in [0.29, 0.717) is 0 Å². The Bertz CT molecular complexity index is 323. The van der Waals surface area contributed by atoms with E-state index in [0.717, 1.165) is 18.7 Å². The summed E-state index contributed by atoms with van der Waals surface area (Å²) in [5, 5.41) is 0. The van der Waals surface area contributed by atoms with E-state index in [-0.39, 0.29) is 18.6 Å². The molecule has 2 atom stereocenters. The van der Waals surface area contributed by atoms with Gasteiger partial charge in [-0.1, -0.05) is 12.1 Å². The fraction of sp³-hybridized carbons (Fsp3) is 0.500. The number of halogens is 1. The first-order valence-corrected chi connectivity index (χ1v) is 5.34. The van der Waals surface area contributed by atoms with E-state index < -0.39 is 0 Å². The second-order valence-electron chi connectivity index (χ2n) is 4.30. The van der Waals surface area contributed by atoms with Crippen molar-refractivity contribution in [2.75, 3.05) is 26.0 Å². The van der Waals surface area contributed by atoms with Crippen LogP contribution in [0.3, 0.4) is 0 Å². The van der Waals surface area contributed by atoms with Gasteiger partial charge >= 0.3 is 0 Å². The molecule has 1 heterocycles. The molecule has 1 saturated heterocycles. The van der Waals surface area contributed by atoms with Crippen molar-refractivity contribution in [3.05, 3.63) is 29.8 Å². The fourth-order valence-electron chi connectivity index (χ4n) is 2.41. The van der Waals surface area contributed by atoms with Gasteiger partial charge in [-0.15, -0.1) is 0 Å². The third-order valence-corrected chi connectivity index (χ3v) is 3.25.